The van der Waals surface area contributed by atoms with Crippen LogP contribution in [0.5, 0.6) is 0 Å². The molecular formula is C18H19F3N2. The second-order valence-electron chi connectivity index (χ2n) is 5.07. The largest absolute Gasteiger partial charge is 0.416 e. The van der Waals surface area contributed by atoms with Crippen LogP contribution in [0.3, 0.4) is 0 Å². The van der Waals surface area contributed by atoms with Gasteiger partial charge in [-0.15, -0.1) is 0 Å². The minimum Gasteiger partial charge on any atom is -0.372 e. The first-order valence-electron chi connectivity index (χ1n) is 7.50. The van der Waals surface area contributed by atoms with Crippen LogP contribution in [0, 0.1) is 0 Å². The summed E-state index contributed by atoms with van der Waals surface area (Å²) in [5.41, 5.74) is 1.56. The zero-order valence-electron chi connectivity index (χ0n) is 13.1. The molecule has 23 heavy (non-hydrogen) atoms. The molecule has 0 saturated carbocycles. The van der Waals surface area contributed by atoms with Gasteiger partial charge in [0, 0.05) is 25.0 Å². The van der Waals surface area contributed by atoms with E-state index in [4.69, 9.17) is 0 Å². The third-order valence-corrected chi connectivity index (χ3v) is 3.56. The Morgan fingerprint density at radius 1 is 1.00 bits per heavy atom. The zero-order valence-corrected chi connectivity index (χ0v) is 13.1. The van der Waals surface area contributed by atoms with Crippen molar-refractivity contribution in [2.24, 2.45) is 4.99 Å². The Morgan fingerprint density at radius 2 is 1.65 bits per heavy atom. The second-order valence-corrected chi connectivity index (χ2v) is 5.07. The quantitative estimate of drug-likeness (QED) is 0.682. The van der Waals surface area contributed by atoms with Crippen LogP contribution in [0.2, 0.25) is 0 Å². The lowest BCUT2D eigenvalue weighted by molar-refractivity contribution is -0.137. The van der Waals surface area contributed by atoms with Crippen molar-refractivity contribution in [1.29, 1.82) is 0 Å². The Morgan fingerprint density at radius 3 is 2.22 bits per heavy atom. The molecule has 2 rings (SSSR count). The number of hydrogen-bond donors (Lipinski definition) is 0. The molecule has 122 valence electrons. The molecule has 0 saturated heterocycles. The van der Waals surface area contributed by atoms with E-state index >= 15 is 0 Å². The van der Waals surface area contributed by atoms with Crippen molar-refractivity contribution in [2.75, 3.05) is 18.0 Å². The Kier molecular flexibility index (Phi) is 5.42. The van der Waals surface area contributed by atoms with Crippen molar-refractivity contribution < 1.29 is 13.2 Å². The van der Waals surface area contributed by atoms with Gasteiger partial charge in [0.15, 0.2) is 0 Å². The molecule has 0 radical (unpaired) electrons. The molecule has 0 fully saturated rings. The smallest absolute Gasteiger partial charge is 0.372 e. The fourth-order valence-electron chi connectivity index (χ4n) is 2.27. The van der Waals surface area contributed by atoms with Crippen molar-refractivity contribution >= 4 is 17.6 Å². The zero-order chi connectivity index (χ0) is 16.9. The van der Waals surface area contributed by atoms with E-state index in [1.807, 2.05) is 24.3 Å². The van der Waals surface area contributed by atoms with Gasteiger partial charge in [-0.2, -0.15) is 13.2 Å². The number of alkyl halides is 3. The van der Waals surface area contributed by atoms with E-state index in [1.165, 1.54) is 6.07 Å². The molecule has 0 atom stereocenters. The number of aliphatic imine (C=N–C) groups is 1. The van der Waals surface area contributed by atoms with E-state index in [0.717, 1.165) is 36.5 Å². The minimum absolute atomic E-state index is 0.285. The van der Waals surface area contributed by atoms with E-state index in [-0.39, 0.29) is 5.69 Å². The summed E-state index contributed by atoms with van der Waals surface area (Å²) in [5, 5.41) is 0. The Labute approximate surface area is 134 Å². The highest BCUT2D eigenvalue weighted by Crippen LogP contribution is 2.31. The first-order chi connectivity index (χ1) is 10.9. The third-order valence-electron chi connectivity index (χ3n) is 3.56. The summed E-state index contributed by atoms with van der Waals surface area (Å²) in [6.07, 6.45) is -2.78. The van der Waals surface area contributed by atoms with Crippen LogP contribution < -0.4 is 4.90 Å². The van der Waals surface area contributed by atoms with Gasteiger partial charge >= 0.3 is 6.18 Å². The number of benzene rings is 2. The van der Waals surface area contributed by atoms with Crippen molar-refractivity contribution in [3.05, 3.63) is 59.7 Å². The molecule has 2 aromatic rings. The summed E-state index contributed by atoms with van der Waals surface area (Å²) in [6.45, 7) is 6.03. The molecule has 0 aromatic heterocycles. The van der Waals surface area contributed by atoms with Crippen LogP contribution >= 0.6 is 0 Å². The molecule has 0 aliphatic rings. The van der Waals surface area contributed by atoms with Crippen LogP contribution in [-0.2, 0) is 6.18 Å². The summed E-state index contributed by atoms with van der Waals surface area (Å²) in [4.78, 5) is 6.34. The maximum Gasteiger partial charge on any atom is 0.416 e. The molecule has 0 unspecified atom stereocenters. The summed E-state index contributed by atoms with van der Waals surface area (Å²) < 4.78 is 38.0. The lowest BCUT2D eigenvalue weighted by Crippen LogP contribution is -2.21. The lowest BCUT2D eigenvalue weighted by Gasteiger charge is -2.20. The molecule has 5 heteroatoms. The number of hydrogen-bond acceptors (Lipinski definition) is 2. The Bertz CT molecular complexity index is 657. The first-order valence-corrected chi connectivity index (χ1v) is 7.50. The summed E-state index contributed by atoms with van der Waals surface area (Å²) in [6, 6.07) is 12.8. The summed E-state index contributed by atoms with van der Waals surface area (Å²) in [5.74, 6) is 0. The summed E-state index contributed by atoms with van der Waals surface area (Å²) in [7, 11) is 0. The van der Waals surface area contributed by atoms with Gasteiger partial charge < -0.3 is 4.90 Å². The molecular weight excluding hydrogens is 301 g/mol. The van der Waals surface area contributed by atoms with E-state index in [9.17, 15) is 13.2 Å². The van der Waals surface area contributed by atoms with E-state index in [1.54, 1.807) is 12.3 Å². The average Bonchev–Trinajstić information content (AvgIpc) is 2.55. The molecule has 0 bridgehead atoms. The van der Waals surface area contributed by atoms with Gasteiger partial charge in [0.1, 0.15) is 0 Å². The minimum atomic E-state index is -4.35. The molecule has 0 spiro atoms. The highest BCUT2D eigenvalue weighted by Gasteiger charge is 2.30. The summed E-state index contributed by atoms with van der Waals surface area (Å²) >= 11 is 0. The van der Waals surface area contributed by atoms with Gasteiger partial charge in [0.2, 0.25) is 0 Å². The molecule has 0 amide bonds. The fourth-order valence-corrected chi connectivity index (χ4v) is 2.27. The van der Waals surface area contributed by atoms with Crippen LogP contribution in [0.4, 0.5) is 24.5 Å². The van der Waals surface area contributed by atoms with E-state index in [2.05, 4.69) is 23.7 Å². The van der Waals surface area contributed by atoms with E-state index < -0.39 is 11.7 Å². The van der Waals surface area contributed by atoms with Gasteiger partial charge in [0.05, 0.1) is 11.3 Å². The lowest BCUT2D eigenvalue weighted by atomic mass is 10.2. The molecule has 0 heterocycles. The third kappa shape index (κ3) is 4.58. The van der Waals surface area contributed by atoms with Crippen molar-refractivity contribution in [1.82, 2.24) is 0 Å². The maximum absolute atomic E-state index is 12.7. The fraction of sp³-hybridized carbons (Fsp3) is 0.278. The highest BCUT2D eigenvalue weighted by atomic mass is 19.4. The highest BCUT2D eigenvalue weighted by molar-refractivity contribution is 5.82. The number of anilines is 1. The van der Waals surface area contributed by atoms with Crippen LogP contribution in [-0.4, -0.2) is 19.3 Å². The Hall–Kier alpha value is -2.30. The number of nitrogens with zero attached hydrogens (tertiary/aromatic N) is 2. The monoisotopic (exact) mass is 320 g/mol. The van der Waals surface area contributed by atoms with Crippen molar-refractivity contribution in [2.45, 2.75) is 20.0 Å². The van der Waals surface area contributed by atoms with Gasteiger partial charge in [-0.25, -0.2) is 0 Å². The van der Waals surface area contributed by atoms with Gasteiger partial charge in [-0.3, -0.25) is 4.99 Å². The van der Waals surface area contributed by atoms with Gasteiger partial charge in [-0.1, -0.05) is 18.2 Å². The standard InChI is InChI=1S/C18H19F3N2/c1-3-23(4-2)17-10-8-14(9-11-17)13-22-16-7-5-6-15(12-16)18(19,20)21/h5-13H,3-4H2,1-2H3. The normalized spacial score (nSPS) is 11.9. The molecule has 0 aliphatic carbocycles. The predicted octanol–water partition coefficient (Wildman–Crippen LogP) is 5.30. The van der Waals surface area contributed by atoms with Gasteiger partial charge in [-0.05, 0) is 49.7 Å². The van der Waals surface area contributed by atoms with E-state index in [0.29, 0.717) is 0 Å². The maximum atomic E-state index is 12.7. The topological polar surface area (TPSA) is 15.6 Å². The van der Waals surface area contributed by atoms with Crippen LogP contribution in [0.15, 0.2) is 53.5 Å². The van der Waals surface area contributed by atoms with Crippen LogP contribution in [0.25, 0.3) is 0 Å². The molecule has 2 aromatic carbocycles. The van der Waals surface area contributed by atoms with Crippen molar-refractivity contribution in [3.8, 4) is 0 Å². The van der Waals surface area contributed by atoms with Crippen LogP contribution in [0.1, 0.15) is 25.0 Å². The average molecular weight is 320 g/mol. The van der Waals surface area contributed by atoms with Gasteiger partial charge in [0.25, 0.3) is 0 Å². The Balaban J connectivity index is 2.14. The first kappa shape index (κ1) is 17.1. The number of halogens is 3. The SMILES string of the molecule is CCN(CC)c1ccc(C=Nc2cccc(C(F)(F)F)c2)cc1. The molecule has 0 aliphatic heterocycles. The van der Waals surface area contributed by atoms with Crippen molar-refractivity contribution in [3.63, 3.8) is 0 Å². The number of rotatable bonds is 5. The molecule has 2 nitrogen and oxygen atoms in total. The molecule has 0 N–H and O–H groups in total. The predicted molar refractivity (Wildman–Crippen MR) is 88.7 cm³/mol. The second kappa shape index (κ2) is 7.31.